The van der Waals surface area contributed by atoms with Crippen molar-refractivity contribution in [2.24, 2.45) is 11.8 Å². The molecule has 2 fully saturated rings. The van der Waals surface area contributed by atoms with Crippen molar-refractivity contribution in [3.05, 3.63) is 0 Å². The van der Waals surface area contributed by atoms with Gasteiger partial charge in [0.2, 0.25) is 0 Å². The summed E-state index contributed by atoms with van der Waals surface area (Å²) in [7, 11) is 0. The minimum atomic E-state index is 0.603. The van der Waals surface area contributed by atoms with Crippen LogP contribution in [0.3, 0.4) is 0 Å². The zero-order chi connectivity index (χ0) is 13.0. The molecule has 0 aliphatic carbocycles. The number of likely N-dealkylation sites (tertiary alicyclic amines) is 1. The van der Waals surface area contributed by atoms with Gasteiger partial charge in [-0.25, -0.2) is 0 Å². The van der Waals surface area contributed by atoms with Gasteiger partial charge in [0.05, 0.1) is 6.61 Å². The molecule has 3 nitrogen and oxygen atoms in total. The molecule has 2 rings (SSSR count). The number of nitrogens with zero attached hydrogens (tertiary/aromatic N) is 1. The number of ether oxygens (including phenoxy) is 1. The lowest BCUT2D eigenvalue weighted by Crippen LogP contribution is -2.46. The summed E-state index contributed by atoms with van der Waals surface area (Å²) in [6.45, 7) is 12.7. The van der Waals surface area contributed by atoms with Crippen molar-refractivity contribution in [1.29, 1.82) is 0 Å². The third kappa shape index (κ3) is 3.69. The zero-order valence-corrected chi connectivity index (χ0v) is 12.3. The third-order valence-corrected chi connectivity index (χ3v) is 4.98. The van der Waals surface area contributed by atoms with Crippen LogP contribution in [0.5, 0.6) is 0 Å². The summed E-state index contributed by atoms with van der Waals surface area (Å²) in [5, 5.41) is 3.83. The van der Waals surface area contributed by atoms with Crippen molar-refractivity contribution in [3.8, 4) is 0 Å². The van der Waals surface area contributed by atoms with E-state index in [0.29, 0.717) is 12.1 Å². The van der Waals surface area contributed by atoms with Gasteiger partial charge in [-0.05, 0) is 64.6 Å². The maximum absolute atomic E-state index is 5.49. The fourth-order valence-electron chi connectivity index (χ4n) is 3.40. The van der Waals surface area contributed by atoms with E-state index in [4.69, 9.17) is 4.74 Å². The largest absolute Gasteiger partial charge is 0.381 e. The molecule has 2 aliphatic heterocycles. The summed E-state index contributed by atoms with van der Waals surface area (Å²) in [5.41, 5.74) is 0. The number of nitrogens with one attached hydrogen (secondary N) is 1. The summed E-state index contributed by atoms with van der Waals surface area (Å²) in [5.74, 6) is 1.58. The van der Waals surface area contributed by atoms with E-state index >= 15 is 0 Å². The number of rotatable bonds is 5. The van der Waals surface area contributed by atoms with Gasteiger partial charge in [0.25, 0.3) is 0 Å². The standard InChI is InChI=1S/C15H30N2O/c1-4-17-8-5-14(6-9-17)12(2)16-13(3)15-7-10-18-11-15/h12-16H,4-11H2,1-3H3. The highest BCUT2D eigenvalue weighted by molar-refractivity contribution is 4.83. The molecule has 0 aromatic rings. The molecule has 2 saturated heterocycles. The average molecular weight is 254 g/mol. The Morgan fingerprint density at radius 1 is 1.11 bits per heavy atom. The van der Waals surface area contributed by atoms with Crippen LogP contribution in [0.1, 0.15) is 40.0 Å². The van der Waals surface area contributed by atoms with Gasteiger partial charge in [-0.1, -0.05) is 6.92 Å². The number of hydrogen-bond donors (Lipinski definition) is 1. The van der Waals surface area contributed by atoms with Gasteiger partial charge >= 0.3 is 0 Å². The van der Waals surface area contributed by atoms with Crippen LogP contribution in [-0.2, 0) is 4.74 Å². The van der Waals surface area contributed by atoms with Gasteiger partial charge in [0, 0.05) is 18.7 Å². The van der Waals surface area contributed by atoms with Gasteiger partial charge in [0.1, 0.15) is 0 Å². The normalized spacial score (nSPS) is 30.5. The van der Waals surface area contributed by atoms with E-state index in [2.05, 4.69) is 31.0 Å². The molecule has 18 heavy (non-hydrogen) atoms. The quantitative estimate of drug-likeness (QED) is 0.813. The Morgan fingerprint density at radius 3 is 2.33 bits per heavy atom. The van der Waals surface area contributed by atoms with E-state index < -0.39 is 0 Å². The molecular formula is C15H30N2O. The van der Waals surface area contributed by atoms with E-state index in [1.165, 1.54) is 38.9 Å². The van der Waals surface area contributed by atoms with E-state index in [1.54, 1.807) is 0 Å². The molecule has 3 atom stereocenters. The van der Waals surface area contributed by atoms with Gasteiger partial charge in [-0.15, -0.1) is 0 Å². The molecule has 2 aliphatic rings. The van der Waals surface area contributed by atoms with Gasteiger partial charge in [0.15, 0.2) is 0 Å². The predicted octanol–water partition coefficient (Wildman–Crippen LogP) is 2.12. The predicted molar refractivity (Wildman–Crippen MR) is 75.8 cm³/mol. The Balaban J connectivity index is 1.72. The number of hydrogen-bond acceptors (Lipinski definition) is 3. The highest BCUT2D eigenvalue weighted by Gasteiger charge is 2.27. The smallest absolute Gasteiger partial charge is 0.0509 e. The van der Waals surface area contributed by atoms with E-state index in [1.807, 2.05) is 0 Å². The second kappa shape index (κ2) is 6.88. The lowest BCUT2D eigenvalue weighted by molar-refractivity contribution is 0.152. The van der Waals surface area contributed by atoms with Crippen LogP contribution in [0.25, 0.3) is 0 Å². The van der Waals surface area contributed by atoms with Gasteiger partial charge in [-0.3, -0.25) is 0 Å². The maximum atomic E-state index is 5.49. The lowest BCUT2D eigenvalue weighted by Gasteiger charge is -2.36. The third-order valence-electron chi connectivity index (χ3n) is 4.98. The zero-order valence-electron chi connectivity index (χ0n) is 12.3. The second-order valence-corrected chi connectivity index (χ2v) is 6.14. The molecule has 106 valence electrons. The summed E-state index contributed by atoms with van der Waals surface area (Å²) in [6.07, 6.45) is 3.95. The summed E-state index contributed by atoms with van der Waals surface area (Å²) < 4.78 is 5.49. The fourth-order valence-corrected chi connectivity index (χ4v) is 3.40. The summed E-state index contributed by atoms with van der Waals surface area (Å²) >= 11 is 0. The summed E-state index contributed by atoms with van der Waals surface area (Å²) in [6, 6.07) is 1.26. The van der Waals surface area contributed by atoms with E-state index in [9.17, 15) is 0 Å². The van der Waals surface area contributed by atoms with E-state index in [-0.39, 0.29) is 0 Å². The van der Waals surface area contributed by atoms with Crippen LogP contribution >= 0.6 is 0 Å². The monoisotopic (exact) mass is 254 g/mol. The maximum Gasteiger partial charge on any atom is 0.0509 e. The Kier molecular flexibility index (Phi) is 5.46. The van der Waals surface area contributed by atoms with Crippen LogP contribution in [0, 0.1) is 11.8 Å². The van der Waals surface area contributed by atoms with Crippen molar-refractivity contribution >= 4 is 0 Å². The minimum Gasteiger partial charge on any atom is -0.381 e. The molecule has 0 aromatic carbocycles. The first kappa shape index (κ1) is 14.3. The Labute approximate surface area is 112 Å². The molecule has 0 saturated carbocycles. The van der Waals surface area contributed by atoms with Crippen molar-refractivity contribution < 1.29 is 4.74 Å². The van der Waals surface area contributed by atoms with Crippen LogP contribution < -0.4 is 5.32 Å². The van der Waals surface area contributed by atoms with Crippen LogP contribution in [0.15, 0.2) is 0 Å². The van der Waals surface area contributed by atoms with Crippen molar-refractivity contribution in [1.82, 2.24) is 10.2 Å². The van der Waals surface area contributed by atoms with Gasteiger partial charge < -0.3 is 15.0 Å². The second-order valence-electron chi connectivity index (χ2n) is 6.14. The molecule has 3 unspecified atom stereocenters. The van der Waals surface area contributed by atoms with E-state index in [0.717, 1.165) is 25.0 Å². The first-order chi connectivity index (χ1) is 8.70. The Bertz CT molecular complexity index is 233. The first-order valence-corrected chi connectivity index (χ1v) is 7.76. The molecule has 0 amide bonds. The molecule has 0 bridgehead atoms. The highest BCUT2D eigenvalue weighted by atomic mass is 16.5. The molecular weight excluding hydrogens is 224 g/mol. The fraction of sp³-hybridized carbons (Fsp3) is 1.00. The Hall–Kier alpha value is -0.120. The molecule has 1 N–H and O–H groups in total. The highest BCUT2D eigenvalue weighted by Crippen LogP contribution is 2.23. The Morgan fingerprint density at radius 2 is 1.78 bits per heavy atom. The molecule has 2 heterocycles. The number of piperidine rings is 1. The first-order valence-electron chi connectivity index (χ1n) is 7.76. The molecule has 0 radical (unpaired) electrons. The van der Waals surface area contributed by atoms with Gasteiger partial charge in [-0.2, -0.15) is 0 Å². The van der Waals surface area contributed by atoms with Crippen molar-refractivity contribution in [2.45, 2.75) is 52.1 Å². The average Bonchev–Trinajstić information content (AvgIpc) is 2.92. The topological polar surface area (TPSA) is 24.5 Å². The minimum absolute atomic E-state index is 0.603. The summed E-state index contributed by atoms with van der Waals surface area (Å²) in [4.78, 5) is 2.57. The van der Waals surface area contributed by atoms with Crippen LogP contribution in [-0.4, -0.2) is 49.8 Å². The van der Waals surface area contributed by atoms with Crippen LogP contribution in [0.4, 0.5) is 0 Å². The lowest BCUT2D eigenvalue weighted by atomic mass is 9.89. The van der Waals surface area contributed by atoms with Crippen molar-refractivity contribution in [2.75, 3.05) is 32.8 Å². The molecule has 0 aromatic heterocycles. The SMILES string of the molecule is CCN1CCC(C(C)NC(C)C2CCOC2)CC1. The molecule has 3 heteroatoms. The molecule has 0 spiro atoms. The van der Waals surface area contributed by atoms with Crippen LogP contribution in [0.2, 0.25) is 0 Å². The van der Waals surface area contributed by atoms with Crippen molar-refractivity contribution in [3.63, 3.8) is 0 Å².